The van der Waals surface area contributed by atoms with Crippen LogP contribution in [-0.4, -0.2) is 41.1 Å². The van der Waals surface area contributed by atoms with Crippen LogP contribution in [0.3, 0.4) is 0 Å². The highest BCUT2D eigenvalue weighted by molar-refractivity contribution is 5.92. The second kappa shape index (κ2) is 11.6. The molecule has 0 radical (unpaired) electrons. The molecule has 0 bridgehead atoms. The van der Waals surface area contributed by atoms with E-state index in [9.17, 15) is 35.9 Å². The summed E-state index contributed by atoms with van der Waals surface area (Å²) in [6.45, 7) is 2.73. The lowest BCUT2D eigenvalue weighted by molar-refractivity contribution is -0.143. The van der Waals surface area contributed by atoms with Gasteiger partial charge in [0.1, 0.15) is 12.3 Å². The zero-order chi connectivity index (χ0) is 29.9. The Morgan fingerprint density at radius 2 is 1.56 bits per heavy atom. The summed E-state index contributed by atoms with van der Waals surface area (Å²) in [4.78, 5) is 28.9. The summed E-state index contributed by atoms with van der Waals surface area (Å²) in [5, 5.41) is 2.08. The minimum atomic E-state index is -5.09. The number of nitrogens with one attached hydrogen (secondary N) is 1. The Bertz CT molecular complexity index is 1360. The summed E-state index contributed by atoms with van der Waals surface area (Å²) in [6.07, 6.45) is -8.75. The molecule has 3 amide bonds. The van der Waals surface area contributed by atoms with Crippen molar-refractivity contribution in [1.29, 1.82) is 0 Å². The third kappa shape index (κ3) is 7.44. The number of fused-ring (bicyclic) bond motifs is 1. The topological polar surface area (TPSA) is 84.2 Å². The van der Waals surface area contributed by atoms with E-state index in [0.29, 0.717) is 35.0 Å². The van der Waals surface area contributed by atoms with Crippen LogP contribution < -0.4 is 14.8 Å². The van der Waals surface area contributed by atoms with Gasteiger partial charge in [0.2, 0.25) is 12.7 Å². The SMILES string of the molecule is CC(C)N(CC(=O)N(Cc1ccc2c(c1)OCO2)Cc1ccco1)C(=O)Nc1cc(C(F)(F)F)cc(C(F)(F)F)c1. The van der Waals surface area contributed by atoms with E-state index in [1.165, 1.54) is 11.2 Å². The highest BCUT2D eigenvalue weighted by Crippen LogP contribution is 2.38. The zero-order valence-corrected chi connectivity index (χ0v) is 21.8. The molecule has 1 aliphatic heterocycles. The first-order chi connectivity index (χ1) is 19.2. The number of benzene rings is 2. The first-order valence-corrected chi connectivity index (χ1v) is 12.3. The van der Waals surface area contributed by atoms with Crippen LogP contribution in [-0.2, 0) is 30.2 Å². The summed E-state index contributed by atoms with van der Waals surface area (Å²) < 4.78 is 95.6. The number of hydrogen-bond donors (Lipinski definition) is 1. The van der Waals surface area contributed by atoms with Gasteiger partial charge in [0, 0.05) is 18.3 Å². The molecule has 4 rings (SSSR count). The number of amides is 3. The third-order valence-electron chi connectivity index (χ3n) is 6.12. The van der Waals surface area contributed by atoms with E-state index in [1.807, 2.05) is 0 Å². The predicted octanol–water partition coefficient (Wildman–Crippen LogP) is 6.52. The molecule has 8 nitrogen and oxygen atoms in total. The van der Waals surface area contributed by atoms with Crippen LogP contribution in [0.15, 0.2) is 59.2 Å². The highest BCUT2D eigenvalue weighted by Gasteiger charge is 2.37. The van der Waals surface area contributed by atoms with Gasteiger partial charge in [-0.05, 0) is 61.9 Å². The maximum Gasteiger partial charge on any atom is 0.416 e. The van der Waals surface area contributed by atoms with Crippen molar-refractivity contribution in [2.75, 3.05) is 18.7 Å². The van der Waals surface area contributed by atoms with Gasteiger partial charge in [-0.1, -0.05) is 6.07 Å². The van der Waals surface area contributed by atoms with E-state index in [0.717, 1.165) is 4.90 Å². The Balaban J connectivity index is 1.55. The Morgan fingerprint density at radius 3 is 2.15 bits per heavy atom. The van der Waals surface area contributed by atoms with Crippen LogP contribution in [0, 0.1) is 0 Å². The maximum absolute atomic E-state index is 13.5. The van der Waals surface area contributed by atoms with Crippen molar-refractivity contribution >= 4 is 17.6 Å². The first-order valence-electron chi connectivity index (χ1n) is 12.3. The molecule has 0 saturated heterocycles. The van der Waals surface area contributed by atoms with Crippen LogP contribution >= 0.6 is 0 Å². The Labute approximate surface area is 230 Å². The Kier molecular flexibility index (Phi) is 8.40. The Morgan fingerprint density at radius 1 is 0.902 bits per heavy atom. The average Bonchev–Trinajstić information content (AvgIpc) is 3.57. The van der Waals surface area contributed by atoms with E-state index in [2.05, 4.69) is 5.32 Å². The predicted molar refractivity (Wildman–Crippen MR) is 133 cm³/mol. The standard InChI is InChI=1S/C27H25F6N3O5/c1-16(2)36(25(38)34-20-10-18(26(28,29)30)9-19(11-20)27(31,32)33)14-24(37)35(13-21-4-3-7-39-21)12-17-5-6-22-23(8-17)41-15-40-22/h3-11,16H,12-15H2,1-2H3,(H,34,38). The van der Waals surface area contributed by atoms with Crippen molar-refractivity contribution in [3.8, 4) is 11.5 Å². The summed E-state index contributed by atoms with van der Waals surface area (Å²) in [5.41, 5.74) is -3.20. The molecule has 2 heterocycles. The quantitative estimate of drug-likeness (QED) is 0.305. The fraction of sp³-hybridized carbons (Fsp3) is 0.333. The molecule has 2 aromatic carbocycles. The van der Waals surface area contributed by atoms with E-state index < -0.39 is 53.7 Å². The fourth-order valence-corrected chi connectivity index (χ4v) is 4.04. The fourth-order valence-electron chi connectivity index (χ4n) is 4.04. The molecule has 0 atom stereocenters. The second-order valence-electron chi connectivity index (χ2n) is 9.46. The molecule has 0 spiro atoms. The molecule has 220 valence electrons. The van der Waals surface area contributed by atoms with Crippen molar-refractivity contribution in [2.45, 2.75) is 45.3 Å². The van der Waals surface area contributed by atoms with Gasteiger partial charge in [-0.25, -0.2) is 4.79 Å². The number of rotatable bonds is 8. The summed E-state index contributed by atoms with van der Waals surface area (Å²) in [6, 6.07) is 7.46. The van der Waals surface area contributed by atoms with Gasteiger partial charge < -0.3 is 29.0 Å². The van der Waals surface area contributed by atoms with E-state index in [4.69, 9.17) is 13.9 Å². The molecule has 41 heavy (non-hydrogen) atoms. The molecule has 0 unspecified atom stereocenters. The van der Waals surface area contributed by atoms with Crippen LogP contribution in [0.4, 0.5) is 36.8 Å². The first kappa shape index (κ1) is 29.6. The van der Waals surface area contributed by atoms with Crippen LogP contribution in [0.1, 0.15) is 36.3 Å². The van der Waals surface area contributed by atoms with Crippen molar-refractivity contribution in [1.82, 2.24) is 9.80 Å². The van der Waals surface area contributed by atoms with E-state index >= 15 is 0 Å². The zero-order valence-electron chi connectivity index (χ0n) is 21.8. The van der Waals surface area contributed by atoms with E-state index in [1.54, 1.807) is 44.2 Å². The molecular formula is C27H25F6N3O5. The number of carbonyl (C=O) groups is 2. The molecule has 0 saturated carbocycles. The number of furan rings is 1. The number of anilines is 1. The normalized spacial score (nSPS) is 12.9. The second-order valence-corrected chi connectivity index (χ2v) is 9.46. The highest BCUT2D eigenvalue weighted by atomic mass is 19.4. The molecule has 1 aliphatic rings. The molecule has 0 fully saturated rings. The smallest absolute Gasteiger partial charge is 0.416 e. The van der Waals surface area contributed by atoms with E-state index in [-0.39, 0.29) is 25.9 Å². The van der Waals surface area contributed by atoms with Gasteiger partial charge in [-0.3, -0.25) is 4.79 Å². The molecular weight excluding hydrogens is 560 g/mol. The van der Waals surface area contributed by atoms with Crippen LogP contribution in [0.25, 0.3) is 0 Å². The van der Waals surface area contributed by atoms with Crippen molar-refractivity contribution in [3.05, 3.63) is 77.2 Å². The molecule has 14 heteroatoms. The maximum atomic E-state index is 13.5. The molecule has 3 aromatic rings. The number of carbonyl (C=O) groups excluding carboxylic acids is 2. The minimum Gasteiger partial charge on any atom is -0.467 e. The van der Waals surface area contributed by atoms with Crippen molar-refractivity contribution in [2.24, 2.45) is 0 Å². The minimum absolute atomic E-state index is 0.0242. The largest absolute Gasteiger partial charge is 0.467 e. The summed E-state index contributed by atoms with van der Waals surface area (Å²) in [7, 11) is 0. The number of hydrogen-bond acceptors (Lipinski definition) is 5. The lowest BCUT2D eigenvalue weighted by Crippen LogP contribution is -2.47. The van der Waals surface area contributed by atoms with Gasteiger partial charge in [0.15, 0.2) is 11.5 Å². The van der Waals surface area contributed by atoms with Crippen molar-refractivity contribution < 1.29 is 49.8 Å². The molecule has 0 aliphatic carbocycles. The molecule has 1 aromatic heterocycles. The van der Waals surface area contributed by atoms with Gasteiger partial charge in [0.05, 0.1) is 23.9 Å². The summed E-state index contributed by atoms with van der Waals surface area (Å²) in [5.74, 6) is 0.935. The lowest BCUT2D eigenvalue weighted by Gasteiger charge is -2.30. The van der Waals surface area contributed by atoms with Gasteiger partial charge >= 0.3 is 18.4 Å². The number of nitrogens with zero attached hydrogens (tertiary/aromatic N) is 2. The monoisotopic (exact) mass is 585 g/mol. The van der Waals surface area contributed by atoms with Gasteiger partial charge in [-0.15, -0.1) is 0 Å². The van der Waals surface area contributed by atoms with Crippen LogP contribution in [0.5, 0.6) is 11.5 Å². The lowest BCUT2D eigenvalue weighted by atomic mass is 10.1. The van der Waals surface area contributed by atoms with Crippen molar-refractivity contribution in [3.63, 3.8) is 0 Å². The Hall–Kier alpha value is -4.36. The van der Waals surface area contributed by atoms with Gasteiger partial charge in [0.25, 0.3) is 0 Å². The average molecular weight is 586 g/mol. The number of alkyl halides is 6. The number of ether oxygens (including phenoxy) is 2. The van der Waals surface area contributed by atoms with Gasteiger partial charge in [-0.2, -0.15) is 26.3 Å². The molecule has 1 N–H and O–H groups in total. The summed E-state index contributed by atoms with van der Waals surface area (Å²) >= 11 is 0. The number of urea groups is 1. The number of halogens is 6. The third-order valence-corrected chi connectivity index (χ3v) is 6.12. The van der Waals surface area contributed by atoms with Crippen LogP contribution in [0.2, 0.25) is 0 Å².